The van der Waals surface area contributed by atoms with Gasteiger partial charge in [-0.15, -0.1) is 0 Å². The molecular weight excluding hydrogens is 728 g/mol. The Labute approximate surface area is 331 Å². The average Bonchev–Trinajstić information content (AvgIpc) is 3.40. The average molecular weight is 799 g/mol. The van der Waals surface area contributed by atoms with Crippen molar-refractivity contribution in [2.45, 2.75) is 186 Å². The summed E-state index contributed by atoms with van der Waals surface area (Å²) < 4.78 is 23.1. The third kappa shape index (κ3) is 7.17. The Kier molecular flexibility index (Phi) is 12.5. The van der Waals surface area contributed by atoms with Crippen LogP contribution in [0, 0.1) is 45.3 Å². The summed E-state index contributed by atoms with van der Waals surface area (Å²) in [6, 6.07) is 0. The van der Waals surface area contributed by atoms with Crippen molar-refractivity contribution in [3.05, 3.63) is 11.6 Å². The number of aliphatic hydroxyl groups excluding tert-OH is 8. The quantitative estimate of drug-likeness (QED) is 0.134. The summed E-state index contributed by atoms with van der Waals surface area (Å²) in [4.78, 5) is 14.6. The molecule has 2 saturated heterocycles. The van der Waals surface area contributed by atoms with Gasteiger partial charge in [-0.2, -0.15) is 0 Å². The van der Waals surface area contributed by atoms with Gasteiger partial charge in [0.2, 0.25) is 0 Å². The number of ether oxygens (including phenoxy) is 4. The monoisotopic (exact) mass is 798 g/mol. The van der Waals surface area contributed by atoms with Crippen LogP contribution in [0.25, 0.3) is 0 Å². The smallest absolute Gasteiger partial charge is 0.187 e. The number of carbonyl (C=O) groups excluding carboxylic acids is 1. The Morgan fingerprint density at radius 1 is 0.821 bits per heavy atom. The molecule has 0 aromatic carbocycles. The number of aliphatic hydroxyl groups is 9. The van der Waals surface area contributed by atoms with Gasteiger partial charge in [0.05, 0.1) is 31.0 Å². The van der Waals surface area contributed by atoms with Gasteiger partial charge in [0, 0.05) is 17.3 Å². The number of hydrogen-bond donors (Lipinski definition) is 9. The fourth-order valence-electron chi connectivity index (χ4n) is 12.3. The molecule has 2 aliphatic heterocycles. The highest BCUT2D eigenvalue weighted by Crippen LogP contribution is 2.74. The van der Waals surface area contributed by atoms with Crippen LogP contribution in [-0.2, 0) is 23.7 Å². The molecule has 6 aliphatic rings. The van der Waals surface area contributed by atoms with Crippen LogP contribution in [0.1, 0.15) is 107 Å². The topological polar surface area (TPSA) is 236 Å². The van der Waals surface area contributed by atoms with Crippen molar-refractivity contribution in [1.29, 1.82) is 0 Å². The van der Waals surface area contributed by atoms with Gasteiger partial charge >= 0.3 is 0 Å². The molecule has 0 unspecified atom stereocenters. The molecule has 0 bridgehead atoms. The van der Waals surface area contributed by atoms with Crippen LogP contribution in [0.4, 0.5) is 0 Å². The molecule has 0 aromatic heterocycles. The van der Waals surface area contributed by atoms with E-state index in [9.17, 15) is 50.8 Å². The Hall–Kier alpha value is -1.11. The first kappa shape index (κ1) is 44.4. The Morgan fingerprint density at radius 3 is 2.05 bits per heavy atom. The van der Waals surface area contributed by atoms with E-state index in [4.69, 9.17) is 18.9 Å². The van der Waals surface area contributed by atoms with Gasteiger partial charge in [-0.25, -0.2) is 0 Å². The van der Waals surface area contributed by atoms with E-state index in [1.807, 2.05) is 0 Å². The first-order chi connectivity index (χ1) is 25.9. The third-order valence-corrected chi connectivity index (χ3v) is 16.3. The van der Waals surface area contributed by atoms with Crippen LogP contribution in [0.2, 0.25) is 0 Å². The molecule has 322 valence electrons. The molecule has 6 rings (SSSR count). The summed E-state index contributed by atoms with van der Waals surface area (Å²) >= 11 is 0. The fourth-order valence-corrected chi connectivity index (χ4v) is 12.3. The van der Waals surface area contributed by atoms with E-state index in [1.54, 1.807) is 13.8 Å². The van der Waals surface area contributed by atoms with Gasteiger partial charge in [0.25, 0.3) is 0 Å². The van der Waals surface area contributed by atoms with Crippen LogP contribution in [0.3, 0.4) is 0 Å². The number of carbonyl (C=O) groups is 1. The molecule has 5 fully saturated rings. The van der Waals surface area contributed by atoms with E-state index in [2.05, 4.69) is 47.6 Å². The Morgan fingerprint density at radius 2 is 1.43 bits per heavy atom. The van der Waals surface area contributed by atoms with Crippen LogP contribution in [0.5, 0.6) is 0 Å². The second-order valence-corrected chi connectivity index (χ2v) is 20.1. The van der Waals surface area contributed by atoms with Crippen molar-refractivity contribution in [3.8, 4) is 0 Å². The number of rotatable bonds is 11. The van der Waals surface area contributed by atoms with E-state index < -0.39 is 97.8 Å². The van der Waals surface area contributed by atoms with Crippen LogP contribution >= 0.6 is 0 Å². The zero-order valence-corrected chi connectivity index (χ0v) is 34.5. The summed E-state index contributed by atoms with van der Waals surface area (Å²) in [6.07, 6.45) is -8.64. The van der Waals surface area contributed by atoms with E-state index >= 15 is 0 Å². The molecule has 14 heteroatoms. The summed E-state index contributed by atoms with van der Waals surface area (Å²) in [5.41, 5.74) is -1.32. The van der Waals surface area contributed by atoms with Crippen molar-refractivity contribution in [2.75, 3.05) is 13.2 Å². The highest BCUT2D eigenvalue weighted by atomic mass is 16.7. The highest BCUT2D eigenvalue weighted by molar-refractivity contribution is 5.88. The van der Waals surface area contributed by atoms with Gasteiger partial charge in [-0.1, -0.05) is 53.2 Å². The van der Waals surface area contributed by atoms with Crippen molar-refractivity contribution < 1.29 is 69.7 Å². The number of allylic oxidation sites excluding steroid dienone is 1. The molecule has 19 atom stereocenters. The van der Waals surface area contributed by atoms with Gasteiger partial charge in [-0.05, 0) is 93.3 Å². The van der Waals surface area contributed by atoms with E-state index in [1.165, 1.54) is 5.57 Å². The lowest BCUT2D eigenvalue weighted by atomic mass is 9.38. The first-order valence-electron chi connectivity index (χ1n) is 20.9. The maximum atomic E-state index is 14.6. The molecule has 0 amide bonds. The summed E-state index contributed by atoms with van der Waals surface area (Å²) in [6.45, 7) is 15.4. The molecular formula is C42H70O14. The maximum absolute atomic E-state index is 14.6. The lowest BCUT2D eigenvalue weighted by Crippen LogP contribution is -2.63. The second-order valence-electron chi connectivity index (χ2n) is 20.1. The highest BCUT2D eigenvalue weighted by Gasteiger charge is 2.70. The minimum Gasteiger partial charge on any atom is -0.394 e. The van der Waals surface area contributed by atoms with Gasteiger partial charge in [0.1, 0.15) is 54.6 Å². The zero-order valence-electron chi connectivity index (χ0n) is 34.5. The lowest BCUT2D eigenvalue weighted by Gasteiger charge is -2.64. The van der Waals surface area contributed by atoms with Crippen molar-refractivity contribution >= 4 is 5.78 Å². The normalized spacial score (nSPS) is 49.0. The molecule has 3 saturated carbocycles. The minimum atomic E-state index is -1.72. The van der Waals surface area contributed by atoms with Gasteiger partial charge in [0.15, 0.2) is 12.6 Å². The van der Waals surface area contributed by atoms with Crippen molar-refractivity contribution in [3.63, 3.8) is 0 Å². The predicted molar refractivity (Wildman–Crippen MR) is 201 cm³/mol. The summed E-state index contributed by atoms with van der Waals surface area (Å²) in [5, 5.41) is 94.8. The molecule has 0 radical (unpaired) electrons. The number of hydrogen-bond acceptors (Lipinski definition) is 14. The van der Waals surface area contributed by atoms with E-state index in [-0.39, 0.29) is 39.9 Å². The number of fused-ring (bicyclic) bond motifs is 5. The van der Waals surface area contributed by atoms with Crippen LogP contribution in [-0.4, -0.2) is 144 Å². The van der Waals surface area contributed by atoms with Crippen molar-refractivity contribution in [2.24, 2.45) is 45.3 Å². The standard InChI is InChI=1S/C42H70O14/c1-20(21-15-16-40(6)26-12-10-22-23(11-13-27(44)38(22,2)3)42(26,8)28(45)17-41(21,40)7)9-14-29(39(4,5)52)56-37-35(51)33(49)31(47)25(55-37)19-53-36-34(50)32(48)30(46)24(18-43)54-36/h10,20-21,23-27,29-37,43-44,46-52H,9,11-19H2,1-8H3/t20-,21+,23+,24+,25+,26-,27-,29+,30+,31+,32-,33-,34+,35+,36+,37-,40-,41+,42-/m0/s1. The largest absolute Gasteiger partial charge is 0.394 e. The van der Waals surface area contributed by atoms with Gasteiger partial charge < -0.3 is 64.9 Å². The second kappa shape index (κ2) is 15.7. The predicted octanol–water partition coefficient (Wildman–Crippen LogP) is 1.33. The minimum absolute atomic E-state index is 0.0767. The SMILES string of the molecule is C[C@@H](CC[C@@H](O[C@@H]1O[C@H](CO[C@@H]2O[C@H](CO)[C@@H](O)[C@H](O)[C@H]2O)[C@@H](O)[C@H](O)[C@H]1O)C(C)(C)O)[C@H]1CC[C@@]2(C)[C@@H]3CC=C4[C@@H](CC[C@H](O)C4(C)C)[C@]3(C)C(=O)C[C@]12C. The van der Waals surface area contributed by atoms with Crippen molar-refractivity contribution in [1.82, 2.24) is 0 Å². The molecule has 56 heavy (non-hydrogen) atoms. The molecule has 9 N–H and O–H groups in total. The van der Waals surface area contributed by atoms with E-state index in [0.717, 1.165) is 25.7 Å². The summed E-state index contributed by atoms with van der Waals surface area (Å²) in [7, 11) is 0. The summed E-state index contributed by atoms with van der Waals surface area (Å²) in [5.74, 6) is 1.03. The lowest BCUT2D eigenvalue weighted by molar-refractivity contribution is -0.341. The van der Waals surface area contributed by atoms with E-state index in [0.29, 0.717) is 31.5 Å². The third-order valence-electron chi connectivity index (χ3n) is 16.3. The zero-order chi connectivity index (χ0) is 41.5. The molecule has 0 spiro atoms. The molecule has 14 nitrogen and oxygen atoms in total. The first-order valence-corrected chi connectivity index (χ1v) is 20.9. The van der Waals surface area contributed by atoms with Crippen LogP contribution < -0.4 is 0 Å². The maximum Gasteiger partial charge on any atom is 0.187 e. The number of ketones is 1. The van der Waals surface area contributed by atoms with Crippen LogP contribution in [0.15, 0.2) is 11.6 Å². The Balaban J connectivity index is 1.13. The Bertz CT molecular complexity index is 1450. The van der Waals surface area contributed by atoms with Gasteiger partial charge in [-0.3, -0.25) is 4.79 Å². The fraction of sp³-hybridized carbons (Fsp3) is 0.929. The molecule has 2 heterocycles. The molecule has 4 aliphatic carbocycles. The number of Topliss-reactive ketones (excluding diaryl/α,β-unsaturated/α-hetero) is 1. The molecule has 0 aromatic rings.